The molecule has 0 saturated heterocycles. The minimum Gasteiger partial charge on any atom is -0.383 e. The number of hydrogen-bond acceptors (Lipinski definition) is 9. The van der Waals surface area contributed by atoms with Crippen molar-refractivity contribution in [2.75, 3.05) is 17.2 Å². The number of azo groups is 2. The van der Waals surface area contributed by atoms with Crippen molar-refractivity contribution in [1.82, 2.24) is 15.0 Å². The Morgan fingerprint density at radius 2 is 1.61 bits per heavy atom. The van der Waals surface area contributed by atoms with Crippen LogP contribution in [0.1, 0.15) is 38.2 Å². The summed E-state index contributed by atoms with van der Waals surface area (Å²) < 4.78 is 0. The van der Waals surface area contributed by atoms with E-state index in [1.54, 1.807) is 0 Å². The molecule has 1 aliphatic rings. The number of hydrogen-bond donors (Lipinski definition) is 2. The summed E-state index contributed by atoms with van der Waals surface area (Å²) >= 11 is 0. The van der Waals surface area contributed by atoms with E-state index in [2.05, 4.69) is 55.8 Å². The first kappa shape index (κ1) is 27.5. The second-order valence-electron chi connectivity index (χ2n) is 9.63. The third-order valence-corrected chi connectivity index (χ3v) is 6.53. The Morgan fingerprint density at radius 1 is 0.854 bits per heavy atom. The lowest BCUT2D eigenvalue weighted by Crippen LogP contribution is -2.21. The summed E-state index contributed by atoms with van der Waals surface area (Å²) in [6.07, 6.45) is 13.0. The van der Waals surface area contributed by atoms with Gasteiger partial charge in [-0.1, -0.05) is 80.4 Å². The molecule has 0 aliphatic heterocycles. The molecule has 3 aromatic carbocycles. The lowest BCUT2D eigenvalue weighted by Gasteiger charge is -2.22. The molecule has 0 radical (unpaired) electrons. The molecule has 1 aliphatic carbocycles. The van der Waals surface area contributed by atoms with Crippen molar-refractivity contribution in [2.45, 2.75) is 38.3 Å². The molecule has 1 aromatic heterocycles. The molecule has 0 amide bonds. The lowest BCUT2D eigenvalue weighted by molar-refractivity contribution is 0.512. The molecule has 1 heterocycles. The van der Waals surface area contributed by atoms with Crippen molar-refractivity contribution in [3.63, 3.8) is 0 Å². The molecule has 0 fully saturated rings. The molecule has 0 bridgehead atoms. The molecule has 1 atom stereocenters. The quantitative estimate of drug-likeness (QED) is 0.137. The number of anilines is 3. The maximum absolute atomic E-state index is 4.79. The summed E-state index contributed by atoms with van der Waals surface area (Å²) in [6.45, 7) is 3.02. The first-order chi connectivity index (χ1) is 20.2. The van der Waals surface area contributed by atoms with Gasteiger partial charge in [0.15, 0.2) is 0 Å². The Bertz CT molecular complexity index is 1520. The van der Waals surface area contributed by atoms with E-state index in [9.17, 15) is 0 Å². The summed E-state index contributed by atoms with van der Waals surface area (Å²) in [7, 11) is 0. The molecule has 1 unspecified atom stereocenters. The molecule has 5 rings (SSSR count). The maximum Gasteiger partial charge on any atom is 0.230 e. The number of rotatable bonds is 12. The van der Waals surface area contributed by atoms with Gasteiger partial charge >= 0.3 is 0 Å². The second kappa shape index (κ2) is 13.8. The van der Waals surface area contributed by atoms with Crippen LogP contribution in [-0.4, -0.2) is 27.2 Å². The highest BCUT2D eigenvalue weighted by Gasteiger charge is 2.29. The highest BCUT2D eigenvalue weighted by molar-refractivity contribution is 5.76. The van der Waals surface area contributed by atoms with Gasteiger partial charge in [-0.15, -0.1) is 0 Å². The van der Waals surface area contributed by atoms with E-state index in [4.69, 9.17) is 15.3 Å². The van der Waals surface area contributed by atoms with Crippen LogP contribution in [-0.2, 0) is 0 Å². The average Bonchev–Trinajstić information content (AvgIpc) is 3.03. The average molecular weight is 544 g/mol. The second-order valence-corrected chi connectivity index (χ2v) is 9.63. The van der Waals surface area contributed by atoms with Crippen molar-refractivity contribution >= 4 is 34.3 Å². The number of benzene rings is 3. The van der Waals surface area contributed by atoms with Crippen molar-refractivity contribution in [3.8, 4) is 0 Å². The number of aromatic nitrogens is 3. The Labute approximate surface area is 240 Å². The Morgan fingerprint density at radius 3 is 2.34 bits per heavy atom. The minimum atomic E-state index is -0.963. The van der Waals surface area contributed by atoms with Crippen LogP contribution in [0.2, 0.25) is 0 Å². The normalized spacial score (nSPS) is 16.7. The largest absolute Gasteiger partial charge is 0.383 e. The summed E-state index contributed by atoms with van der Waals surface area (Å²) in [4.78, 5) is 12.2. The monoisotopic (exact) mass is 543 g/mol. The van der Waals surface area contributed by atoms with E-state index in [0.717, 1.165) is 54.0 Å². The van der Waals surface area contributed by atoms with Crippen LogP contribution < -0.4 is 10.6 Å². The molecule has 0 spiro atoms. The van der Waals surface area contributed by atoms with E-state index in [1.165, 1.54) is 12.7 Å². The summed E-state index contributed by atoms with van der Waals surface area (Å²) in [5.41, 5.74) is 4.48. The standard InChI is InChI=1S/C32H33N9/c1-2-3-10-21-34-30-22-28(37-31-35-23-33-24-36-31)15-16-29(30)39-41-32(40-38-27-13-8-5-9-14-27)19-17-26(18-20-32)25-11-6-4-7-12-25/h4-9,11-19,22-24,34H,2-3,10,20-21H2,1H3,(H,33,35,36,37). The van der Waals surface area contributed by atoms with Gasteiger partial charge in [-0.05, 0) is 54.0 Å². The first-order valence-electron chi connectivity index (χ1n) is 13.9. The third-order valence-electron chi connectivity index (χ3n) is 6.53. The first-order valence-corrected chi connectivity index (χ1v) is 13.9. The summed E-state index contributed by atoms with van der Waals surface area (Å²) in [5, 5.41) is 25.5. The van der Waals surface area contributed by atoms with Gasteiger partial charge in [0.2, 0.25) is 11.6 Å². The molecule has 0 saturated carbocycles. The van der Waals surface area contributed by atoms with Gasteiger partial charge < -0.3 is 10.6 Å². The molecule has 206 valence electrons. The van der Waals surface area contributed by atoms with Crippen molar-refractivity contribution in [3.05, 3.63) is 115 Å². The van der Waals surface area contributed by atoms with Gasteiger partial charge in [-0.25, -0.2) is 15.0 Å². The van der Waals surface area contributed by atoms with Gasteiger partial charge in [0.1, 0.15) is 18.3 Å². The summed E-state index contributed by atoms with van der Waals surface area (Å²) in [5.74, 6) is 0.472. The zero-order valence-corrected chi connectivity index (χ0v) is 23.1. The van der Waals surface area contributed by atoms with Gasteiger partial charge in [0, 0.05) is 18.7 Å². The predicted octanol–water partition coefficient (Wildman–Crippen LogP) is 8.82. The number of nitrogens with one attached hydrogen (secondary N) is 2. The number of allylic oxidation sites excluding steroid dienone is 2. The Balaban J connectivity index is 1.43. The molecule has 9 nitrogen and oxygen atoms in total. The van der Waals surface area contributed by atoms with E-state index in [0.29, 0.717) is 18.1 Å². The topological polar surface area (TPSA) is 112 Å². The molecule has 4 aromatic rings. The highest BCUT2D eigenvalue weighted by Crippen LogP contribution is 2.36. The maximum atomic E-state index is 4.79. The van der Waals surface area contributed by atoms with Gasteiger partial charge in [0.05, 0.1) is 11.4 Å². The number of unbranched alkanes of at least 4 members (excludes halogenated alkanes) is 2. The zero-order valence-electron chi connectivity index (χ0n) is 23.1. The van der Waals surface area contributed by atoms with Crippen LogP contribution in [0.5, 0.6) is 0 Å². The van der Waals surface area contributed by atoms with E-state index in [1.807, 2.05) is 78.9 Å². The molecule has 2 N–H and O–H groups in total. The van der Waals surface area contributed by atoms with Crippen molar-refractivity contribution in [2.24, 2.45) is 20.5 Å². The fourth-order valence-corrected chi connectivity index (χ4v) is 4.29. The smallest absolute Gasteiger partial charge is 0.230 e. The summed E-state index contributed by atoms with van der Waals surface area (Å²) in [6, 6.07) is 25.8. The van der Waals surface area contributed by atoms with Gasteiger partial charge in [-0.2, -0.15) is 20.5 Å². The van der Waals surface area contributed by atoms with Crippen LogP contribution >= 0.6 is 0 Å². The van der Waals surface area contributed by atoms with Crippen LogP contribution in [0.3, 0.4) is 0 Å². The number of nitrogens with zero attached hydrogens (tertiary/aromatic N) is 7. The predicted molar refractivity (Wildman–Crippen MR) is 164 cm³/mol. The van der Waals surface area contributed by atoms with Crippen LogP contribution in [0.4, 0.5) is 28.7 Å². The lowest BCUT2D eigenvalue weighted by atomic mass is 9.94. The fourth-order valence-electron chi connectivity index (χ4n) is 4.29. The van der Waals surface area contributed by atoms with E-state index >= 15 is 0 Å². The molecular weight excluding hydrogens is 510 g/mol. The molecule has 41 heavy (non-hydrogen) atoms. The minimum absolute atomic E-state index is 0.472. The SMILES string of the molecule is CCCCCNc1cc(Nc2ncncn2)ccc1N=NC1(N=Nc2ccccc2)C=CC(c2ccccc2)=CC1. The van der Waals surface area contributed by atoms with Crippen LogP contribution in [0.15, 0.2) is 130 Å². The zero-order chi connectivity index (χ0) is 28.2. The Hall–Kier alpha value is -5.05. The van der Waals surface area contributed by atoms with Crippen molar-refractivity contribution < 1.29 is 0 Å². The molecular formula is C32H33N9. The highest BCUT2D eigenvalue weighted by atomic mass is 15.3. The third kappa shape index (κ3) is 7.76. The van der Waals surface area contributed by atoms with Crippen LogP contribution in [0.25, 0.3) is 5.57 Å². The van der Waals surface area contributed by atoms with Crippen molar-refractivity contribution in [1.29, 1.82) is 0 Å². The molecule has 9 heteroatoms. The van der Waals surface area contributed by atoms with Gasteiger partial charge in [-0.3, -0.25) is 0 Å². The fraction of sp³-hybridized carbons (Fsp3) is 0.219. The van der Waals surface area contributed by atoms with Crippen LogP contribution in [0, 0.1) is 0 Å². The Kier molecular flexibility index (Phi) is 9.29. The van der Waals surface area contributed by atoms with Gasteiger partial charge in [0.25, 0.3) is 0 Å². The van der Waals surface area contributed by atoms with E-state index < -0.39 is 5.66 Å². The van der Waals surface area contributed by atoms with E-state index in [-0.39, 0.29) is 0 Å².